The second kappa shape index (κ2) is 8.33. The van der Waals surface area contributed by atoms with Gasteiger partial charge in [0.1, 0.15) is 17.3 Å². The smallest absolute Gasteiger partial charge is 0.342 e. The summed E-state index contributed by atoms with van der Waals surface area (Å²) in [6, 6.07) is 6.02. The van der Waals surface area contributed by atoms with E-state index in [1.165, 1.54) is 12.1 Å². The number of amides is 1. The van der Waals surface area contributed by atoms with Crippen molar-refractivity contribution in [3.8, 4) is 0 Å². The molecule has 0 unspecified atom stereocenters. The van der Waals surface area contributed by atoms with E-state index in [9.17, 15) is 14.0 Å². The number of carbonyl (C=O) groups is 1. The number of hydrogen-bond donors (Lipinski definition) is 2. The maximum Gasteiger partial charge on any atom is 0.345 e. The molecule has 28 heavy (non-hydrogen) atoms. The molecule has 0 saturated heterocycles. The monoisotopic (exact) mass is 385 g/mol. The number of aromatic nitrogens is 4. The van der Waals surface area contributed by atoms with E-state index in [-0.39, 0.29) is 17.4 Å². The molecule has 0 bridgehead atoms. The number of hydrogen-bond acceptors (Lipinski definition) is 4. The van der Waals surface area contributed by atoms with Gasteiger partial charge < -0.3 is 14.9 Å². The van der Waals surface area contributed by atoms with Gasteiger partial charge in [0.05, 0.1) is 11.0 Å². The predicted octanol–water partition coefficient (Wildman–Crippen LogP) is 2.69. The topological polar surface area (TPSA) is 94.7 Å². The Bertz CT molecular complexity index is 1040. The lowest BCUT2D eigenvalue weighted by Crippen LogP contribution is -2.35. The van der Waals surface area contributed by atoms with Gasteiger partial charge in [-0.25, -0.2) is 14.2 Å². The maximum atomic E-state index is 13.3. The van der Waals surface area contributed by atoms with Crippen molar-refractivity contribution >= 4 is 16.9 Å². The molecule has 0 radical (unpaired) electrons. The number of fused-ring (bicyclic) bond motifs is 1. The molecule has 0 atom stereocenters. The van der Waals surface area contributed by atoms with Gasteiger partial charge in [0.25, 0.3) is 5.91 Å². The fourth-order valence-electron chi connectivity index (χ4n) is 3.13. The van der Waals surface area contributed by atoms with Gasteiger partial charge in [0.15, 0.2) is 0 Å². The normalized spacial score (nSPS) is 11.3. The number of imidazole rings is 1. The molecule has 0 aliphatic carbocycles. The zero-order chi connectivity index (χ0) is 20.3. The first-order chi connectivity index (χ1) is 13.4. The zero-order valence-electron chi connectivity index (χ0n) is 16.3. The van der Waals surface area contributed by atoms with Crippen LogP contribution in [0.2, 0.25) is 0 Å². The van der Waals surface area contributed by atoms with Crippen LogP contribution in [0.5, 0.6) is 0 Å². The van der Waals surface area contributed by atoms with Crippen LogP contribution in [0.1, 0.15) is 42.8 Å². The van der Waals surface area contributed by atoms with Crippen molar-refractivity contribution in [1.82, 2.24) is 24.8 Å². The number of benzene rings is 1. The third kappa shape index (κ3) is 4.62. The van der Waals surface area contributed by atoms with Crippen LogP contribution in [0.3, 0.4) is 0 Å². The van der Waals surface area contributed by atoms with E-state index in [1.54, 1.807) is 17.0 Å². The minimum absolute atomic E-state index is 0.146. The lowest BCUT2D eigenvalue weighted by molar-refractivity contribution is 0.0759. The summed E-state index contributed by atoms with van der Waals surface area (Å²) in [5, 5.41) is 0. The van der Waals surface area contributed by atoms with Crippen molar-refractivity contribution in [3.63, 3.8) is 0 Å². The first-order valence-electron chi connectivity index (χ1n) is 9.39. The van der Waals surface area contributed by atoms with Gasteiger partial charge in [-0.15, -0.1) is 0 Å². The van der Waals surface area contributed by atoms with Crippen molar-refractivity contribution < 1.29 is 9.18 Å². The molecule has 148 valence electrons. The molecule has 7 nitrogen and oxygen atoms in total. The molecule has 3 aromatic rings. The van der Waals surface area contributed by atoms with Gasteiger partial charge in [0.2, 0.25) is 0 Å². The molecule has 1 aromatic carbocycles. The van der Waals surface area contributed by atoms with Crippen molar-refractivity contribution in [2.75, 3.05) is 13.1 Å². The molecule has 0 aliphatic rings. The molecule has 0 fully saturated rings. The van der Waals surface area contributed by atoms with Crippen LogP contribution in [-0.4, -0.2) is 43.8 Å². The molecule has 0 spiro atoms. The van der Waals surface area contributed by atoms with Gasteiger partial charge in [-0.05, 0) is 43.5 Å². The second-order valence-corrected chi connectivity index (χ2v) is 7.17. The van der Waals surface area contributed by atoms with Gasteiger partial charge in [-0.3, -0.25) is 4.79 Å². The van der Waals surface area contributed by atoms with Gasteiger partial charge in [-0.2, -0.15) is 4.98 Å². The van der Waals surface area contributed by atoms with Crippen LogP contribution in [0.15, 0.2) is 29.1 Å². The lowest BCUT2D eigenvalue weighted by Gasteiger charge is -2.20. The molecule has 3 rings (SSSR count). The number of carbonyl (C=O) groups excluding carboxylic acids is 1. The summed E-state index contributed by atoms with van der Waals surface area (Å²) in [4.78, 5) is 40.3. The molecule has 8 heteroatoms. The first kappa shape index (κ1) is 19.7. The van der Waals surface area contributed by atoms with E-state index < -0.39 is 5.69 Å². The van der Waals surface area contributed by atoms with Gasteiger partial charge in [-0.1, -0.05) is 13.8 Å². The molecule has 0 aliphatic heterocycles. The fraction of sp³-hybridized carbons (Fsp3) is 0.400. The van der Waals surface area contributed by atoms with E-state index >= 15 is 0 Å². The van der Waals surface area contributed by atoms with Crippen LogP contribution in [-0.2, 0) is 12.8 Å². The van der Waals surface area contributed by atoms with E-state index in [1.807, 2.05) is 20.8 Å². The van der Waals surface area contributed by atoms with Crippen LogP contribution in [0.4, 0.5) is 4.39 Å². The highest BCUT2D eigenvalue weighted by Gasteiger charge is 2.18. The fourth-order valence-corrected chi connectivity index (χ4v) is 3.13. The standard InChI is InChI=1S/C20H24FN5O2/c1-4-26(8-7-18-23-15-6-5-13(21)10-16(15)24-18)19(27)17-11-14(9-12(2)3)22-20(28)25-17/h5-6,10-12H,4,7-9H2,1-3H3,(H,23,24)(H,22,25,28). The molecule has 0 saturated carbocycles. The number of H-pyrrole nitrogens is 2. The van der Waals surface area contributed by atoms with Crippen molar-refractivity contribution in [2.24, 2.45) is 5.92 Å². The highest BCUT2D eigenvalue weighted by molar-refractivity contribution is 5.92. The lowest BCUT2D eigenvalue weighted by atomic mass is 10.1. The van der Waals surface area contributed by atoms with Crippen molar-refractivity contribution in [2.45, 2.75) is 33.6 Å². The van der Waals surface area contributed by atoms with Crippen molar-refractivity contribution in [1.29, 1.82) is 0 Å². The highest BCUT2D eigenvalue weighted by Crippen LogP contribution is 2.14. The van der Waals surface area contributed by atoms with E-state index in [2.05, 4.69) is 19.9 Å². The van der Waals surface area contributed by atoms with E-state index in [4.69, 9.17) is 0 Å². The zero-order valence-corrected chi connectivity index (χ0v) is 16.3. The summed E-state index contributed by atoms with van der Waals surface area (Å²) in [7, 11) is 0. The second-order valence-electron chi connectivity index (χ2n) is 7.17. The number of aromatic amines is 2. The summed E-state index contributed by atoms with van der Waals surface area (Å²) in [5.41, 5.74) is 1.64. The quantitative estimate of drug-likeness (QED) is 0.654. The number of rotatable bonds is 7. The summed E-state index contributed by atoms with van der Waals surface area (Å²) in [6.07, 6.45) is 1.15. The Morgan fingerprint density at radius 1 is 1.21 bits per heavy atom. The Morgan fingerprint density at radius 2 is 2.00 bits per heavy atom. The maximum absolute atomic E-state index is 13.3. The molecule has 1 amide bonds. The number of nitrogens with zero attached hydrogens (tertiary/aromatic N) is 3. The number of likely N-dealkylation sites (N-methyl/N-ethyl adjacent to an activating group) is 1. The van der Waals surface area contributed by atoms with Gasteiger partial charge in [0, 0.05) is 25.2 Å². The Morgan fingerprint density at radius 3 is 2.71 bits per heavy atom. The summed E-state index contributed by atoms with van der Waals surface area (Å²) in [5.74, 6) is 0.402. The molecular formula is C20H24FN5O2. The molecular weight excluding hydrogens is 361 g/mol. The number of nitrogens with one attached hydrogen (secondary N) is 2. The van der Waals surface area contributed by atoms with Crippen LogP contribution < -0.4 is 5.69 Å². The Hall–Kier alpha value is -3.03. The highest BCUT2D eigenvalue weighted by atomic mass is 19.1. The van der Waals surface area contributed by atoms with E-state index in [0.29, 0.717) is 54.4 Å². The molecule has 2 aromatic heterocycles. The number of halogens is 1. The first-order valence-corrected chi connectivity index (χ1v) is 9.39. The van der Waals surface area contributed by atoms with Crippen molar-refractivity contribution in [3.05, 3.63) is 57.8 Å². The molecule has 2 heterocycles. The predicted molar refractivity (Wildman–Crippen MR) is 105 cm³/mol. The minimum atomic E-state index is -0.517. The van der Waals surface area contributed by atoms with Crippen LogP contribution in [0, 0.1) is 11.7 Å². The Labute approximate surface area is 162 Å². The molecule has 2 N–H and O–H groups in total. The largest absolute Gasteiger partial charge is 0.345 e. The summed E-state index contributed by atoms with van der Waals surface area (Å²) >= 11 is 0. The minimum Gasteiger partial charge on any atom is -0.342 e. The Kier molecular flexibility index (Phi) is 5.87. The summed E-state index contributed by atoms with van der Waals surface area (Å²) in [6.45, 7) is 6.83. The third-order valence-corrected chi connectivity index (χ3v) is 4.43. The third-order valence-electron chi connectivity index (χ3n) is 4.43. The van der Waals surface area contributed by atoms with Crippen LogP contribution >= 0.6 is 0 Å². The van der Waals surface area contributed by atoms with E-state index in [0.717, 1.165) is 0 Å². The summed E-state index contributed by atoms with van der Waals surface area (Å²) < 4.78 is 13.3. The average Bonchev–Trinajstić information content (AvgIpc) is 3.02. The Balaban J connectivity index is 1.74. The van der Waals surface area contributed by atoms with Gasteiger partial charge >= 0.3 is 5.69 Å². The average molecular weight is 385 g/mol. The SMILES string of the molecule is CCN(CCc1nc2ccc(F)cc2[nH]1)C(=O)c1cc(CC(C)C)[nH]c(=O)n1. The van der Waals surface area contributed by atoms with Crippen LogP contribution in [0.25, 0.3) is 11.0 Å².